The minimum atomic E-state index is -0.426. The summed E-state index contributed by atoms with van der Waals surface area (Å²) >= 11 is 4.53. The van der Waals surface area contributed by atoms with Gasteiger partial charge in [-0.05, 0) is 36.6 Å². The fraction of sp³-hybridized carbons (Fsp3) is 0.211. The van der Waals surface area contributed by atoms with Gasteiger partial charge < -0.3 is 10.2 Å². The van der Waals surface area contributed by atoms with Crippen molar-refractivity contribution in [3.05, 3.63) is 40.7 Å². The Balaban J connectivity index is 1.29. The Bertz CT molecular complexity index is 1210. The SMILES string of the molecule is Cc1nc2cc(N3CC(C(=O)Nc4nnc(-c5cccs5)s4)CC3=O)ccc2s1. The maximum Gasteiger partial charge on any atom is 0.231 e. The number of aryl methyl sites for hydroxylation is 1. The highest BCUT2D eigenvalue weighted by molar-refractivity contribution is 7.23. The molecule has 2 amide bonds. The van der Waals surface area contributed by atoms with Crippen molar-refractivity contribution in [1.29, 1.82) is 0 Å². The van der Waals surface area contributed by atoms with Gasteiger partial charge in [-0.25, -0.2) is 4.98 Å². The van der Waals surface area contributed by atoms with Crippen LogP contribution in [0.1, 0.15) is 11.4 Å². The molecule has 1 unspecified atom stereocenters. The maximum absolute atomic E-state index is 12.7. The second kappa shape index (κ2) is 7.29. The second-order valence-corrected chi connectivity index (χ2v) is 9.83. The number of thiophene rings is 1. The highest BCUT2D eigenvalue weighted by Crippen LogP contribution is 2.32. The molecule has 5 rings (SSSR count). The van der Waals surface area contributed by atoms with Crippen LogP contribution in [-0.2, 0) is 9.59 Å². The quantitative estimate of drug-likeness (QED) is 0.513. The monoisotopic (exact) mass is 441 g/mol. The molecule has 0 spiro atoms. The summed E-state index contributed by atoms with van der Waals surface area (Å²) in [6.45, 7) is 2.30. The van der Waals surface area contributed by atoms with Crippen molar-refractivity contribution >= 4 is 66.9 Å². The number of rotatable bonds is 4. The number of anilines is 2. The van der Waals surface area contributed by atoms with Gasteiger partial charge in [-0.3, -0.25) is 9.59 Å². The molecule has 7 nitrogen and oxygen atoms in total. The number of carbonyl (C=O) groups is 2. The largest absolute Gasteiger partial charge is 0.312 e. The first-order valence-electron chi connectivity index (χ1n) is 8.92. The van der Waals surface area contributed by atoms with Crippen LogP contribution in [0.3, 0.4) is 0 Å². The van der Waals surface area contributed by atoms with Crippen LogP contribution in [0.2, 0.25) is 0 Å². The smallest absolute Gasteiger partial charge is 0.231 e. The van der Waals surface area contributed by atoms with E-state index >= 15 is 0 Å². The average molecular weight is 442 g/mol. The molecule has 10 heteroatoms. The van der Waals surface area contributed by atoms with Crippen molar-refractivity contribution in [1.82, 2.24) is 15.2 Å². The van der Waals surface area contributed by atoms with Gasteiger partial charge in [0.15, 0.2) is 5.01 Å². The molecule has 4 aromatic rings. The van der Waals surface area contributed by atoms with Crippen molar-refractivity contribution in [2.24, 2.45) is 5.92 Å². The van der Waals surface area contributed by atoms with Crippen molar-refractivity contribution in [3.63, 3.8) is 0 Å². The second-order valence-electron chi connectivity index (χ2n) is 6.67. The van der Waals surface area contributed by atoms with Gasteiger partial charge in [0.25, 0.3) is 0 Å². The molecule has 0 bridgehead atoms. The van der Waals surface area contributed by atoms with E-state index in [0.717, 1.165) is 30.8 Å². The third-order valence-corrected chi connectivity index (χ3v) is 7.50. The zero-order valence-electron chi connectivity index (χ0n) is 15.3. The Morgan fingerprint density at radius 2 is 2.14 bits per heavy atom. The summed E-state index contributed by atoms with van der Waals surface area (Å²) in [7, 11) is 0. The van der Waals surface area contributed by atoms with E-state index in [1.54, 1.807) is 27.6 Å². The molecule has 1 fully saturated rings. The van der Waals surface area contributed by atoms with Crippen LogP contribution in [0.25, 0.3) is 20.1 Å². The Kier molecular flexibility index (Phi) is 4.61. The molecule has 0 saturated carbocycles. The van der Waals surface area contributed by atoms with Gasteiger partial charge in [0.1, 0.15) is 0 Å². The molecule has 1 atom stereocenters. The minimum absolute atomic E-state index is 0.0620. The maximum atomic E-state index is 12.7. The number of hydrogen-bond acceptors (Lipinski definition) is 8. The van der Waals surface area contributed by atoms with E-state index in [0.29, 0.717) is 11.7 Å². The number of thiazole rings is 1. The van der Waals surface area contributed by atoms with Crippen LogP contribution in [-0.4, -0.2) is 33.5 Å². The summed E-state index contributed by atoms with van der Waals surface area (Å²) in [4.78, 5) is 32.4. The van der Waals surface area contributed by atoms with Crippen molar-refractivity contribution < 1.29 is 9.59 Å². The number of hydrogen-bond donors (Lipinski definition) is 1. The molecule has 146 valence electrons. The predicted octanol–water partition coefficient (Wildman–Crippen LogP) is 4.18. The molecule has 1 aromatic carbocycles. The molecule has 3 aromatic heterocycles. The lowest BCUT2D eigenvalue weighted by Gasteiger charge is -2.16. The molecule has 0 aliphatic carbocycles. The van der Waals surface area contributed by atoms with Crippen molar-refractivity contribution in [2.75, 3.05) is 16.8 Å². The van der Waals surface area contributed by atoms with E-state index in [9.17, 15) is 9.59 Å². The predicted molar refractivity (Wildman–Crippen MR) is 117 cm³/mol. The third kappa shape index (κ3) is 3.54. The first-order valence-corrected chi connectivity index (χ1v) is 11.4. The zero-order chi connectivity index (χ0) is 20.0. The summed E-state index contributed by atoms with van der Waals surface area (Å²) in [5.41, 5.74) is 1.65. The summed E-state index contributed by atoms with van der Waals surface area (Å²) in [5.74, 6) is -0.697. The molecule has 1 N–H and O–H groups in total. The van der Waals surface area contributed by atoms with Gasteiger partial charge in [0, 0.05) is 18.7 Å². The summed E-state index contributed by atoms with van der Waals surface area (Å²) in [6, 6.07) is 9.71. The van der Waals surface area contributed by atoms with E-state index < -0.39 is 5.92 Å². The molecule has 29 heavy (non-hydrogen) atoms. The van der Waals surface area contributed by atoms with Gasteiger partial charge in [0.2, 0.25) is 16.9 Å². The van der Waals surface area contributed by atoms with Gasteiger partial charge in [-0.1, -0.05) is 17.4 Å². The first kappa shape index (κ1) is 18.3. The fourth-order valence-electron chi connectivity index (χ4n) is 3.31. The number of amides is 2. The van der Waals surface area contributed by atoms with Crippen LogP contribution in [0.4, 0.5) is 10.8 Å². The average Bonchev–Trinajstić information content (AvgIpc) is 3.47. The number of fused-ring (bicyclic) bond motifs is 1. The number of nitrogens with zero attached hydrogens (tertiary/aromatic N) is 4. The molecule has 4 heterocycles. The van der Waals surface area contributed by atoms with Crippen molar-refractivity contribution in [3.8, 4) is 9.88 Å². The fourth-order valence-corrected chi connectivity index (χ4v) is 5.66. The molecular formula is C19H15N5O2S3. The standard InChI is InChI=1S/C19H15N5O2S3/c1-10-20-13-8-12(4-5-14(13)28-10)24-9-11(7-16(24)25)17(26)21-19-23-22-18(29-19)15-3-2-6-27-15/h2-6,8,11H,7,9H2,1H3,(H,21,23,26). The molecule has 1 aliphatic rings. The lowest BCUT2D eigenvalue weighted by atomic mass is 10.1. The Morgan fingerprint density at radius 1 is 1.24 bits per heavy atom. The van der Waals surface area contributed by atoms with Gasteiger partial charge in [-0.15, -0.1) is 32.9 Å². The lowest BCUT2D eigenvalue weighted by Crippen LogP contribution is -2.28. The van der Waals surface area contributed by atoms with Crippen LogP contribution < -0.4 is 10.2 Å². The molecule has 1 saturated heterocycles. The van der Waals surface area contributed by atoms with E-state index in [1.165, 1.54) is 11.3 Å². The molecular weight excluding hydrogens is 426 g/mol. The van der Waals surface area contributed by atoms with E-state index in [1.807, 2.05) is 42.6 Å². The summed E-state index contributed by atoms with van der Waals surface area (Å²) in [6.07, 6.45) is 0.177. The Morgan fingerprint density at radius 3 is 2.97 bits per heavy atom. The normalized spacial score (nSPS) is 16.7. The van der Waals surface area contributed by atoms with Crippen LogP contribution >= 0.6 is 34.0 Å². The number of nitrogens with one attached hydrogen (secondary N) is 1. The van der Waals surface area contributed by atoms with Crippen LogP contribution in [0.15, 0.2) is 35.7 Å². The summed E-state index contributed by atoms with van der Waals surface area (Å²) in [5, 5.41) is 15.2. The molecule has 1 aliphatic heterocycles. The third-order valence-electron chi connectivity index (χ3n) is 4.67. The number of aromatic nitrogens is 3. The Labute approximate surface area is 178 Å². The van der Waals surface area contributed by atoms with Gasteiger partial charge in [0.05, 0.1) is 26.0 Å². The van der Waals surface area contributed by atoms with E-state index in [2.05, 4.69) is 20.5 Å². The van der Waals surface area contributed by atoms with Crippen LogP contribution in [0.5, 0.6) is 0 Å². The van der Waals surface area contributed by atoms with Crippen LogP contribution in [0, 0.1) is 12.8 Å². The van der Waals surface area contributed by atoms with E-state index in [-0.39, 0.29) is 18.2 Å². The topological polar surface area (TPSA) is 88.1 Å². The van der Waals surface area contributed by atoms with E-state index in [4.69, 9.17) is 0 Å². The summed E-state index contributed by atoms with van der Waals surface area (Å²) < 4.78 is 1.09. The van der Waals surface area contributed by atoms with Crippen molar-refractivity contribution in [2.45, 2.75) is 13.3 Å². The number of carbonyl (C=O) groups excluding carboxylic acids is 2. The minimum Gasteiger partial charge on any atom is -0.312 e. The van der Waals surface area contributed by atoms with Gasteiger partial charge in [-0.2, -0.15) is 0 Å². The Hall–Kier alpha value is -2.69. The molecule has 0 radical (unpaired) electrons. The zero-order valence-corrected chi connectivity index (χ0v) is 17.7. The highest BCUT2D eigenvalue weighted by atomic mass is 32.1. The van der Waals surface area contributed by atoms with Gasteiger partial charge >= 0.3 is 0 Å². The first-order chi connectivity index (χ1) is 14.1. The number of benzene rings is 1. The lowest BCUT2D eigenvalue weighted by molar-refractivity contribution is -0.122. The highest BCUT2D eigenvalue weighted by Gasteiger charge is 2.35.